The number of hydrogen-bond acceptors (Lipinski definition) is 3. The zero-order chi connectivity index (χ0) is 22.3. The number of nitrogens with zero attached hydrogens (tertiary/aromatic N) is 1. The molecule has 1 aliphatic rings. The van der Waals surface area contributed by atoms with Crippen molar-refractivity contribution in [2.24, 2.45) is 11.8 Å². The summed E-state index contributed by atoms with van der Waals surface area (Å²) >= 11 is 0. The molecule has 0 radical (unpaired) electrons. The van der Waals surface area contributed by atoms with Crippen molar-refractivity contribution >= 4 is 15.9 Å². The van der Waals surface area contributed by atoms with Crippen molar-refractivity contribution < 1.29 is 13.2 Å². The Labute approximate surface area is 186 Å². The molecule has 6 heteroatoms. The van der Waals surface area contributed by atoms with Gasteiger partial charge >= 0.3 is 0 Å². The number of carbonyl (C=O) groups is 1. The Morgan fingerprint density at radius 2 is 1.65 bits per heavy atom. The van der Waals surface area contributed by atoms with Crippen molar-refractivity contribution in [1.82, 2.24) is 9.62 Å². The predicted molar refractivity (Wildman–Crippen MR) is 124 cm³/mol. The molecule has 1 saturated heterocycles. The highest BCUT2D eigenvalue weighted by Crippen LogP contribution is 2.22. The van der Waals surface area contributed by atoms with E-state index in [1.54, 1.807) is 12.1 Å². The summed E-state index contributed by atoms with van der Waals surface area (Å²) in [4.78, 5) is 14.9. The van der Waals surface area contributed by atoms with E-state index >= 15 is 0 Å². The van der Waals surface area contributed by atoms with Crippen molar-refractivity contribution in [3.63, 3.8) is 0 Å². The molecule has 0 spiro atoms. The summed E-state index contributed by atoms with van der Waals surface area (Å²) in [5, 5.41) is 0. The van der Waals surface area contributed by atoms with Crippen LogP contribution in [0.2, 0.25) is 0 Å². The highest BCUT2D eigenvalue weighted by Gasteiger charge is 2.22. The zero-order valence-electron chi connectivity index (χ0n) is 18.6. The van der Waals surface area contributed by atoms with E-state index in [0.717, 1.165) is 37.9 Å². The Morgan fingerprint density at radius 1 is 1.00 bits per heavy atom. The van der Waals surface area contributed by atoms with Crippen molar-refractivity contribution in [2.75, 3.05) is 19.6 Å². The van der Waals surface area contributed by atoms with E-state index in [2.05, 4.69) is 29.0 Å². The molecule has 1 N–H and O–H groups in total. The number of aryl methyl sites for hydroxylation is 1. The van der Waals surface area contributed by atoms with Gasteiger partial charge in [0, 0.05) is 26.1 Å². The lowest BCUT2D eigenvalue weighted by Crippen LogP contribution is -2.39. The molecule has 0 aliphatic carbocycles. The molecule has 1 aliphatic heterocycles. The van der Waals surface area contributed by atoms with Crippen LogP contribution in [0, 0.1) is 11.8 Å². The van der Waals surface area contributed by atoms with Crippen LogP contribution in [0.15, 0.2) is 59.5 Å². The molecule has 1 heterocycles. The fraction of sp³-hybridized carbons (Fsp3) is 0.480. The van der Waals surface area contributed by atoms with Gasteiger partial charge in [0.15, 0.2) is 0 Å². The third-order valence-electron chi connectivity index (χ3n) is 5.88. The standard InChI is InChI=1S/C25H34N2O3S/c1-20(2)19-26-31(29,30)24-11-8-21(9-12-24)10-13-25(28)27-16-14-23(15-17-27)18-22-6-4-3-5-7-22/h3-9,11-12,20,23,26H,10,13-19H2,1-2H3. The SMILES string of the molecule is CC(C)CNS(=O)(=O)c1ccc(CCC(=O)N2CCC(Cc3ccccc3)CC2)cc1. The number of carbonyl (C=O) groups excluding carboxylic acids is 1. The van der Waals surface area contributed by atoms with Crippen LogP contribution in [-0.2, 0) is 27.7 Å². The maximum atomic E-state index is 12.6. The molecule has 0 saturated carbocycles. The summed E-state index contributed by atoms with van der Waals surface area (Å²) in [6.07, 6.45) is 4.28. The molecule has 0 unspecified atom stereocenters. The molecule has 1 amide bonds. The first-order valence-corrected chi connectivity index (χ1v) is 12.7. The Hall–Kier alpha value is -2.18. The van der Waals surface area contributed by atoms with Gasteiger partial charge in [-0.1, -0.05) is 56.3 Å². The third kappa shape index (κ3) is 7.18. The fourth-order valence-electron chi connectivity index (χ4n) is 3.94. The van der Waals surface area contributed by atoms with E-state index < -0.39 is 10.0 Å². The number of benzene rings is 2. The first-order chi connectivity index (χ1) is 14.8. The van der Waals surface area contributed by atoms with Crippen LogP contribution in [0.4, 0.5) is 0 Å². The molecular weight excluding hydrogens is 408 g/mol. The molecule has 3 rings (SSSR count). The maximum Gasteiger partial charge on any atom is 0.240 e. The summed E-state index contributed by atoms with van der Waals surface area (Å²) in [5.41, 5.74) is 2.35. The van der Waals surface area contributed by atoms with Gasteiger partial charge in [-0.05, 0) is 60.8 Å². The number of sulfonamides is 1. The second-order valence-electron chi connectivity index (χ2n) is 8.90. The van der Waals surface area contributed by atoms with Gasteiger partial charge in [-0.3, -0.25) is 4.79 Å². The number of likely N-dealkylation sites (tertiary alicyclic amines) is 1. The van der Waals surface area contributed by atoms with Crippen molar-refractivity contribution in [1.29, 1.82) is 0 Å². The van der Waals surface area contributed by atoms with Crippen LogP contribution < -0.4 is 4.72 Å². The highest BCUT2D eigenvalue weighted by atomic mass is 32.2. The summed E-state index contributed by atoms with van der Waals surface area (Å²) in [5.74, 6) is 1.09. The smallest absolute Gasteiger partial charge is 0.240 e. The lowest BCUT2D eigenvalue weighted by Gasteiger charge is -2.32. The first-order valence-electron chi connectivity index (χ1n) is 11.2. The number of amides is 1. The molecule has 1 fully saturated rings. The van der Waals surface area contributed by atoms with E-state index in [1.807, 2.05) is 36.9 Å². The predicted octanol–water partition coefficient (Wildman–Crippen LogP) is 4.03. The van der Waals surface area contributed by atoms with E-state index in [9.17, 15) is 13.2 Å². The Balaban J connectivity index is 1.43. The molecular formula is C25H34N2O3S. The van der Waals surface area contributed by atoms with Crippen LogP contribution in [-0.4, -0.2) is 38.9 Å². The van der Waals surface area contributed by atoms with E-state index in [-0.39, 0.29) is 16.7 Å². The third-order valence-corrected chi connectivity index (χ3v) is 7.32. The minimum Gasteiger partial charge on any atom is -0.343 e. The molecule has 0 bridgehead atoms. The van der Waals surface area contributed by atoms with Gasteiger partial charge < -0.3 is 4.90 Å². The molecule has 31 heavy (non-hydrogen) atoms. The Kier molecular flexibility index (Phi) is 8.27. The summed E-state index contributed by atoms with van der Waals surface area (Å²) in [6, 6.07) is 17.4. The molecule has 2 aromatic rings. The lowest BCUT2D eigenvalue weighted by atomic mass is 9.90. The summed E-state index contributed by atoms with van der Waals surface area (Å²) in [7, 11) is -3.47. The molecule has 0 aromatic heterocycles. The van der Waals surface area contributed by atoms with Crippen LogP contribution in [0.25, 0.3) is 0 Å². The van der Waals surface area contributed by atoms with Crippen molar-refractivity contribution in [3.8, 4) is 0 Å². The number of hydrogen-bond donors (Lipinski definition) is 1. The van der Waals surface area contributed by atoms with E-state index in [0.29, 0.717) is 25.3 Å². The second kappa shape index (κ2) is 10.9. The van der Waals surface area contributed by atoms with Gasteiger partial charge in [0.2, 0.25) is 15.9 Å². The largest absolute Gasteiger partial charge is 0.343 e. The average Bonchev–Trinajstić information content (AvgIpc) is 2.78. The Morgan fingerprint density at radius 3 is 2.26 bits per heavy atom. The number of nitrogens with one attached hydrogen (secondary N) is 1. The molecule has 168 valence electrons. The van der Waals surface area contributed by atoms with Crippen molar-refractivity contribution in [2.45, 2.75) is 50.8 Å². The monoisotopic (exact) mass is 442 g/mol. The zero-order valence-corrected chi connectivity index (χ0v) is 19.4. The summed E-state index contributed by atoms with van der Waals surface area (Å²) < 4.78 is 27.2. The van der Waals surface area contributed by atoms with Gasteiger partial charge in [-0.2, -0.15) is 0 Å². The van der Waals surface area contributed by atoms with E-state index in [4.69, 9.17) is 0 Å². The first kappa shape index (κ1) is 23.5. The van der Waals surface area contributed by atoms with Crippen LogP contribution in [0.3, 0.4) is 0 Å². The average molecular weight is 443 g/mol. The number of rotatable bonds is 9. The second-order valence-corrected chi connectivity index (χ2v) is 10.7. The highest BCUT2D eigenvalue weighted by molar-refractivity contribution is 7.89. The van der Waals surface area contributed by atoms with Crippen LogP contribution in [0.1, 0.15) is 44.2 Å². The van der Waals surface area contributed by atoms with Gasteiger partial charge in [-0.25, -0.2) is 13.1 Å². The quantitative estimate of drug-likeness (QED) is 0.637. The molecule has 2 aromatic carbocycles. The normalized spacial score (nSPS) is 15.4. The van der Waals surface area contributed by atoms with Crippen molar-refractivity contribution in [3.05, 3.63) is 65.7 Å². The fourth-order valence-corrected chi connectivity index (χ4v) is 5.15. The van der Waals surface area contributed by atoms with Gasteiger partial charge in [0.25, 0.3) is 0 Å². The van der Waals surface area contributed by atoms with Crippen LogP contribution >= 0.6 is 0 Å². The van der Waals surface area contributed by atoms with E-state index in [1.165, 1.54) is 5.56 Å². The van der Waals surface area contributed by atoms with Gasteiger partial charge in [0.1, 0.15) is 0 Å². The Bertz CT molecular complexity index is 932. The van der Waals surface area contributed by atoms with Gasteiger partial charge in [-0.15, -0.1) is 0 Å². The van der Waals surface area contributed by atoms with Crippen LogP contribution in [0.5, 0.6) is 0 Å². The lowest BCUT2D eigenvalue weighted by molar-refractivity contribution is -0.132. The minimum absolute atomic E-state index is 0.188. The maximum absolute atomic E-state index is 12.6. The minimum atomic E-state index is -3.47. The van der Waals surface area contributed by atoms with Gasteiger partial charge in [0.05, 0.1) is 4.90 Å². The topological polar surface area (TPSA) is 66.5 Å². The molecule has 0 atom stereocenters. The summed E-state index contributed by atoms with van der Waals surface area (Å²) in [6.45, 7) is 6.01. The molecule has 5 nitrogen and oxygen atoms in total. The number of piperidine rings is 1.